The Morgan fingerprint density at radius 3 is 2.15 bits per heavy atom. The van der Waals surface area contributed by atoms with Gasteiger partial charge in [0.25, 0.3) is 0 Å². The van der Waals surface area contributed by atoms with E-state index in [9.17, 15) is 9.59 Å². The number of rotatable bonds is 3. The zero-order chi connectivity index (χ0) is 14.9. The highest BCUT2D eigenvalue weighted by Crippen LogP contribution is 2.33. The Hall–Kier alpha value is -1.75. The van der Waals surface area contributed by atoms with Crippen molar-refractivity contribution in [2.24, 2.45) is 11.1 Å². The summed E-state index contributed by atoms with van der Waals surface area (Å²) in [6.45, 7) is 3.87. The molecule has 4 nitrogen and oxygen atoms in total. The second-order valence-electron chi connectivity index (χ2n) is 5.95. The van der Waals surface area contributed by atoms with E-state index in [4.69, 9.17) is 18.0 Å². The summed E-state index contributed by atoms with van der Waals surface area (Å²) >= 11 is 4.86. The molecule has 2 amide bonds. The zero-order valence-corrected chi connectivity index (χ0v) is 12.5. The van der Waals surface area contributed by atoms with E-state index in [2.05, 4.69) is 0 Å². The first kappa shape index (κ1) is 14.7. The van der Waals surface area contributed by atoms with Gasteiger partial charge < -0.3 is 5.73 Å². The Morgan fingerprint density at radius 1 is 1.20 bits per heavy atom. The summed E-state index contributed by atoms with van der Waals surface area (Å²) in [4.78, 5) is 26.0. The van der Waals surface area contributed by atoms with Gasteiger partial charge in [-0.1, -0.05) is 38.2 Å². The van der Waals surface area contributed by atoms with Crippen molar-refractivity contribution in [2.45, 2.75) is 33.1 Å². The normalized spacial score (nSPS) is 18.2. The van der Waals surface area contributed by atoms with E-state index < -0.39 is 0 Å². The molecule has 0 aromatic heterocycles. The predicted octanol–water partition coefficient (Wildman–Crippen LogP) is 2.19. The van der Waals surface area contributed by atoms with Crippen LogP contribution in [0.2, 0.25) is 0 Å². The third kappa shape index (κ3) is 3.22. The summed E-state index contributed by atoms with van der Waals surface area (Å²) in [5.74, 6) is -0.290. The highest BCUT2D eigenvalue weighted by molar-refractivity contribution is 7.80. The van der Waals surface area contributed by atoms with Crippen LogP contribution in [0.25, 0.3) is 0 Å². The van der Waals surface area contributed by atoms with E-state index >= 15 is 0 Å². The van der Waals surface area contributed by atoms with Gasteiger partial charge in [0.15, 0.2) is 0 Å². The van der Waals surface area contributed by atoms with E-state index in [0.29, 0.717) is 29.9 Å². The number of imide groups is 1. The molecule has 1 aromatic carbocycles. The van der Waals surface area contributed by atoms with Gasteiger partial charge in [-0.15, -0.1) is 0 Å². The second kappa shape index (κ2) is 5.32. The highest BCUT2D eigenvalue weighted by Gasteiger charge is 2.38. The minimum Gasteiger partial charge on any atom is -0.393 e. The quantitative estimate of drug-likeness (QED) is 0.684. The lowest BCUT2D eigenvalue weighted by atomic mass is 9.81. The fraction of sp³-hybridized carbons (Fsp3) is 0.400. The molecule has 0 saturated carbocycles. The number of carbonyl (C=O) groups is 2. The van der Waals surface area contributed by atoms with Crippen molar-refractivity contribution in [2.75, 3.05) is 4.90 Å². The van der Waals surface area contributed by atoms with Gasteiger partial charge in [-0.25, -0.2) is 0 Å². The standard InChI is InChI=1S/C15H18N2O2S/c1-15(2)8-13(18)17(14(19)9-15)11-5-3-10(4-6-11)7-12(16)20/h3-6H,7-9H2,1-2H3,(H2,16,20). The largest absolute Gasteiger partial charge is 0.393 e. The number of carbonyl (C=O) groups excluding carboxylic acids is 2. The smallest absolute Gasteiger partial charge is 0.234 e. The molecule has 0 aliphatic carbocycles. The summed E-state index contributed by atoms with van der Waals surface area (Å²) in [6.07, 6.45) is 1.28. The van der Waals surface area contributed by atoms with Crippen molar-refractivity contribution in [3.63, 3.8) is 0 Å². The van der Waals surface area contributed by atoms with Gasteiger partial charge in [-0.3, -0.25) is 14.5 Å². The summed E-state index contributed by atoms with van der Waals surface area (Å²) in [5, 5.41) is 0. The molecule has 1 aromatic rings. The molecule has 0 bridgehead atoms. The minimum atomic E-state index is -0.254. The molecule has 1 aliphatic heterocycles. The van der Waals surface area contributed by atoms with E-state index in [1.165, 1.54) is 4.90 Å². The molecule has 0 radical (unpaired) electrons. The molecular formula is C15H18N2O2S. The molecular weight excluding hydrogens is 272 g/mol. The summed E-state index contributed by atoms with van der Waals surface area (Å²) in [6, 6.07) is 7.22. The molecule has 0 spiro atoms. The van der Waals surface area contributed by atoms with Crippen molar-refractivity contribution in [3.8, 4) is 0 Å². The van der Waals surface area contributed by atoms with Crippen LogP contribution in [0.15, 0.2) is 24.3 Å². The number of thiocarbonyl (C=S) groups is 1. The first-order valence-corrected chi connectivity index (χ1v) is 6.92. The molecule has 20 heavy (non-hydrogen) atoms. The van der Waals surface area contributed by atoms with Crippen molar-refractivity contribution in [1.29, 1.82) is 0 Å². The average molecular weight is 290 g/mol. The van der Waals surface area contributed by atoms with Crippen molar-refractivity contribution in [1.82, 2.24) is 0 Å². The Bertz CT molecular complexity index is 544. The Labute approximate surface area is 123 Å². The average Bonchev–Trinajstić information content (AvgIpc) is 2.28. The van der Waals surface area contributed by atoms with Crippen molar-refractivity contribution in [3.05, 3.63) is 29.8 Å². The third-order valence-electron chi connectivity index (χ3n) is 3.33. The number of anilines is 1. The van der Waals surface area contributed by atoms with Crippen LogP contribution < -0.4 is 10.6 Å². The van der Waals surface area contributed by atoms with Gasteiger partial charge >= 0.3 is 0 Å². The van der Waals surface area contributed by atoms with E-state index in [1.807, 2.05) is 26.0 Å². The fourth-order valence-corrected chi connectivity index (χ4v) is 2.60. The molecule has 1 fully saturated rings. The fourth-order valence-electron chi connectivity index (χ4n) is 2.43. The summed E-state index contributed by atoms with van der Waals surface area (Å²) in [7, 11) is 0. The maximum atomic E-state index is 12.1. The first-order valence-electron chi connectivity index (χ1n) is 6.51. The summed E-state index contributed by atoms with van der Waals surface area (Å²) < 4.78 is 0. The van der Waals surface area contributed by atoms with Crippen molar-refractivity contribution >= 4 is 34.7 Å². The minimum absolute atomic E-state index is 0.145. The van der Waals surface area contributed by atoms with Gasteiger partial charge in [0.1, 0.15) is 0 Å². The molecule has 106 valence electrons. The van der Waals surface area contributed by atoms with E-state index in [-0.39, 0.29) is 17.2 Å². The summed E-state index contributed by atoms with van der Waals surface area (Å²) in [5.41, 5.74) is 6.82. The Morgan fingerprint density at radius 2 is 1.70 bits per heavy atom. The van der Waals surface area contributed by atoms with Crippen LogP contribution in [0.1, 0.15) is 32.3 Å². The van der Waals surface area contributed by atoms with Crippen molar-refractivity contribution < 1.29 is 9.59 Å². The molecule has 5 heteroatoms. The lowest BCUT2D eigenvalue weighted by Crippen LogP contribution is -2.46. The van der Waals surface area contributed by atoms with Gasteiger partial charge in [0.2, 0.25) is 11.8 Å². The third-order valence-corrected chi connectivity index (χ3v) is 3.48. The Kier molecular flexibility index (Phi) is 3.90. The number of amides is 2. The van der Waals surface area contributed by atoms with E-state index in [0.717, 1.165) is 5.56 Å². The van der Waals surface area contributed by atoms with E-state index in [1.54, 1.807) is 12.1 Å². The number of hydrogen-bond acceptors (Lipinski definition) is 3. The lowest BCUT2D eigenvalue weighted by Gasteiger charge is -2.34. The first-order chi connectivity index (χ1) is 9.28. The molecule has 1 aliphatic rings. The maximum absolute atomic E-state index is 12.1. The lowest BCUT2D eigenvalue weighted by molar-refractivity contribution is -0.132. The van der Waals surface area contributed by atoms with Gasteiger partial charge in [-0.2, -0.15) is 0 Å². The topological polar surface area (TPSA) is 63.4 Å². The maximum Gasteiger partial charge on any atom is 0.234 e. The Balaban J connectivity index is 2.21. The molecule has 0 atom stereocenters. The molecule has 1 heterocycles. The van der Waals surface area contributed by atoms with Crippen LogP contribution >= 0.6 is 12.2 Å². The van der Waals surface area contributed by atoms with Crippen LogP contribution in [0.4, 0.5) is 5.69 Å². The number of piperidine rings is 1. The number of nitrogens with zero attached hydrogens (tertiary/aromatic N) is 1. The molecule has 0 unspecified atom stereocenters. The predicted molar refractivity (Wildman–Crippen MR) is 82.4 cm³/mol. The number of nitrogens with two attached hydrogens (primary N) is 1. The van der Waals surface area contributed by atoms with Gasteiger partial charge in [-0.05, 0) is 23.1 Å². The SMILES string of the molecule is CC1(C)CC(=O)N(c2ccc(CC(N)=S)cc2)C(=O)C1. The molecule has 2 N–H and O–H groups in total. The van der Waals surface area contributed by atoms with Gasteiger partial charge in [0, 0.05) is 19.3 Å². The number of benzene rings is 1. The number of hydrogen-bond donors (Lipinski definition) is 1. The van der Waals surface area contributed by atoms with Crippen LogP contribution in [-0.2, 0) is 16.0 Å². The van der Waals surface area contributed by atoms with Crippen LogP contribution in [0.5, 0.6) is 0 Å². The van der Waals surface area contributed by atoms with Crippen LogP contribution in [0, 0.1) is 5.41 Å². The highest BCUT2D eigenvalue weighted by atomic mass is 32.1. The monoisotopic (exact) mass is 290 g/mol. The molecule has 1 saturated heterocycles. The molecule has 2 rings (SSSR count). The van der Waals surface area contributed by atoms with Crippen LogP contribution in [0.3, 0.4) is 0 Å². The second-order valence-corrected chi connectivity index (χ2v) is 6.47. The van der Waals surface area contributed by atoms with Crippen LogP contribution in [-0.4, -0.2) is 16.8 Å². The van der Waals surface area contributed by atoms with Gasteiger partial charge in [0.05, 0.1) is 10.7 Å². The zero-order valence-electron chi connectivity index (χ0n) is 11.7.